The second-order valence-electron chi connectivity index (χ2n) is 5.13. The fourth-order valence-electron chi connectivity index (χ4n) is 2.19. The molecule has 4 nitrogen and oxygen atoms in total. The Morgan fingerprint density at radius 1 is 1.33 bits per heavy atom. The lowest BCUT2D eigenvalue weighted by Gasteiger charge is -2.11. The van der Waals surface area contributed by atoms with Crippen molar-refractivity contribution in [2.45, 2.75) is 26.3 Å². The molecule has 0 spiro atoms. The van der Waals surface area contributed by atoms with Gasteiger partial charge in [-0.25, -0.2) is 0 Å². The zero-order valence-corrected chi connectivity index (χ0v) is 10.5. The van der Waals surface area contributed by atoms with Crippen LogP contribution in [0.3, 0.4) is 0 Å². The third-order valence-corrected chi connectivity index (χ3v) is 3.70. The van der Waals surface area contributed by atoms with Crippen LogP contribution < -0.4 is 14.8 Å². The lowest BCUT2D eigenvalue weighted by atomic mass is 10.1. The van der Waals surface area contributed by atoms with Gasteiger partial charge in [0.2, 0.25) is 6.79 Å². The van der Waals surface area contributed by atoms with E-state index in [9.17, 15) is 0 Å². The third kappa shape index (κ3) is 2.02. The van der Waals surface area contributed by atoms with E-state index in [0.717, 1.165) is 37.4 Å². The molecule has 1 N–H and O–H groups in total. The number of aryl methyl sites for hydroxylation is 1. The second-order valence-corrected chi connectivity index (χ2v) is 5.13. The zero-order valence-electron chi connectivity index (χ0n) is 10.5. The van der Waals surface area contributed by atoms with Gasteiger partial charge in [0, 0.05) is 13.1 Å². The largest absolute Gasteiger partial charge is 0.454 e. The quantitative estimate of drug-likeness (QED) is 0.881. The maximum Gasteiger partial charge on any atom is 0.231 e. The first-order valence-corrected chi connectivity index (χ1v) is 6.24. The minimum absolute atomic E-state index is 0.0930. The summed E-state index contributed by atoms with van der Waals surface area (Å²) in [7, 11) is 0. The standard InChI is InChI=1S/C14H16N2O2/c1-10-4-12-13(18-9-17-12)5-11(10)6-16-8-14(7-15)2-3-14/h4-5,16H,2-3,6,8-9H2,1H3. The van der Waals surface area contributed by atoms with Crippen molar-refractivity contribution < 1.29 is 9.47 Å². The van der Waals surface area contributed by atoms with E-state index in [2.05, 4.69) is 18.3 Å². The molecule has 1 fully saturated rings. The van der Waals surface area contributed by atoms with Gasteiger partial charge in [-0.05, 0) is 43.0 Å². The molecule has 0 amide bonds. The van der Waals surface area contributed by atoms with Gasteiger partial charge in [-0.1, -0.05) is 0 Å². The zero-order chi connectivity index (χ0) is 12.6. The number of rotatable bonds is 4. The molecule has 18 heavy (non-hydrogen) atoms. The highest BCUT2D eigenvalue weighted by Gasteiger charge is 2.42. The van der Waals surface area contributed by atoms with Gasteiger partial charge >= 0.3 is 0 Å². The van der Waals surface area contributed by atoms with E-state index in [-0.39, 0.29) is 5.41 Å². The molecule has 1 aliphatic carbocycles. The van der Waals surface area contributed by atoms with Gasteiger partial charge in [-0.2, -0.15) is 5.26 Å². The molecule has 3 rings (SSSR count). The highest BCUT2D eigenvalue weighted by molar-refractivity contribution is 5.48. The van der Waals surface area contributed by atoms with Crippen molar-refractivity contribution in [3.8, 4) is 17.6 Å². The van der Waals surface area contributed by atoms with Gasteiger partial charge in [0.25, 0.3) is 0 Å². The highest BCUT2D eigenvalue weighted by atomic mass is 16.7. The maximum absolute atomic E-state index is 9.01. The molecule has 4 heteroatoms. The van der Waals surface area contributed by atoms with Crippen molar-refractivity contribution in [3.05, 3.63) is 23.3 Å². The molecule has 1 aliphatic heterocycles. The number of ether oxygens (including phenoxy) is 2. The Morgan fingerprint density at radius 2 is 2.06 bits per heavy atom. The summed E-state index contributed by atoms with van der Waals surface area (Å²) in [6.07, 6.45) is 2.05. The van der Waals surface area contributed by atoms with Crippen LogP contribution in [0.1, 0.15) is 24.0 Å². The van der Waals surface area contributed by atoms with Crippen molar-refractivity contribution in [3.63, 3.8) is 0 Å². The Kier molecular flexibility index (Phi) is 2.64. The molecular formula is C14H16N2O2. The van der Waals surface area contributed by atoms with E-state index in [1.54, 1.807) is 0 Å². The van der Waals surface area contributed by atoms with Crippen LogP contribution in [0.2, 0.25) is 0 Å². The van der Waals surface area contributed by atoms with Crippen LogP contribution in [0.5, 0.6) is 11.5 Å². The van der Waals surface area contributed by atoms with Gasteiger partial charge in [0.1, 0.15) is 0 Å². The molecule has 0 unspecified atom stereocenters. The Hall–Kier alpha value is -1.73. The normalized spacial score (nSPS) is 18.4. The van der Waals surface area contributed by atoms with Gasteiger partial charge in [0.05, 0.1) is 11.5 Å². The third-order valence-electron chi connectivity index (χ3n) is 3.70. The molecule has 0 bridgehead atoms. The Labute approximate surface area is 107 Å². The van der Waals surface area contributed by atoms with Crippen molar-refractivity contribution in [1.29, 1.82) is 5.26 Å². The van der Waals surface area contributed by atoms with Gasteiger partial charge in [-0.15, -0.1) is 0 Å². The highest BCUT2D eigenvalue weighted by Crippen LogP contribution is 2.44. The molecule has 94 valence electrons. The first kappa shape index (κ1) is 11.4. The number of nitriles is 1. The van der Waals surface area contributed by atoms with Crippen molar-refractivity contribution >= 4 is 0 Å². The number of hydrogen-bond acceptors (Lipinski definition) is 4. The van der Waals surface area contributed by atoms with Crippen molar-refractivity contribution in [1.82, 2.24) is 5.32 Å². The topological polar surface area (TPSA) is 54.3 Å². The fourth-order valence-corrected chi connectivity index (χ4v) is 2.19. The average molecular weight is 244 g/mol. The van der Waals surface area contributed by atoms with E-state index in [1.165, 1.54) is 11.1 Å². The maximum atomic E-state index is 9.01. The summed E-state index contributed by atoms with van der Waals surface area (Å²) in [5.41, 5.74) is 2.30. The lowest BCUT2D eigenvalue weighted by Crippen LogP contribution is -2.22. The van der Waals surface area contributed by atoms with Gasteiger partial charge in [-0.3, -0.25) is 0 Å². The average Bonchev–Trinajstić information content (AvgIpc) is 3.01. The van der Waals surface area contributed by atoms with Crippen LogP contribution in [-0.4, -0.2) is 13.3 Å². The van der Waals surface area contributed by atoms with Crippen LogP contribution >= 0.6 is 0 Å². The van der Waals surface area contributed by atoms with E-state index in [4.69, 9.17) is 14.7 Å². The predicted molar refractivity (Wildman–Crippen MR) is 66.3 cm³/mol. The van der Waals surface area contributed by atoms with Crippen LogP contribution in [0, 0.1) is 23.7 Å². The molecule has 1 aromatic carbocycles. The molecule has 0 atom stereocenters. The molecule has 1 heterocycles. The number of benzene rings is 1. The number of nitrogens with one attached hydrogen (secondary N) is 1. The number of hydrogen-bond donors (Lipinski definition) is 1. The second kappa shape index (κ2) is 4.18. The molecule has 2 aliphatic rings. The fraction of sp³-hybridized carbons (Fsp3) is 0.500. The number of fused-ring (bicyclic) bond motifs is 1. The lowest BCUT2D eigenvalue weighted by molar-refractivity contribution is 0.174. The van der Waals surface area contributed by atoms with Crippen LogP contribution in [0.15, 0.2) is 12.1 Å². The minimum atomic E-state index is -0.0930. The number of nitrogens with zero attached hydrogens (tertiary/aromatic N) is 1. The molecule has 1 saturated carbocycles. The Balaban J connectivity index is 1.64. The summed E-state index contributed by atoms with van der Waals surface area (Å²) in [6, 6.07) is 6.42. The first-order valence-electron chi connectivity index (χ1n) is 6.24. The monoisotopic (exact) mass is 244 g/mol. The summed E-state index contributed by atoms with van der Waals surface area (Å²) in [5.74, 6) is 1.64. The summed E-state index contributed by atoms with van der Waals surface area (Å²) in [5, 5.41) is 12.4. The van der Waals surface area contributed by atoms with Crippen molar-refractivity contribution in [2.75, 3.05) is 13.3 Å². The van der Waals surface area contributed by atoms with Crippen LogP contribution in [0.4, 0.5) is 0 Å². The summed E-state index contributed by atoms with van der Waals surface area (Å²) >= 11 is 0. The van der Waals surface area contributed by atoms with Crippen LogP contribution in [0.25, 0.3) is 0 Å². The molecular weight excluding hydrogens is 228 g/mol. The summed E-state index contributed by atoms with van der Waals surface area (Å²) < 4.78 is 10.7. The van der Waals surface area contributed by atoms with E-state index in [1.807, 2.05) is 12.1 Å². The first-order chi connectivity index (χ1) is 8.72. The van der Waals surface area contributed by atoms with Gasteiger partial charge in [0.15, 0.2) is 11.5 Å². The summed E-state index contributed by atoms with van der Waals surface area (Å²) in [4.78, 5) is 0. The predicted octanol–water partition coefficient (Wildman–Crippen LogP) is 2.12. The molecule has 0 saturated heterocycles. The Morgan fingerprint density at radius 3 is 2.72 bits per heavy atom. The minimum Gasteiger partial charge on any atom is -0.454 e. The van der Waals surface area contributed by atoms with Crippen LogP contribution in [-0.2, 0) is 6.54 Å². The van der Waals surface area contributed by atoms with E-state index < -0.39 is 0 Å². The summed E-state index contributed by atoms with van der Waals surface area (Å²) in [6.45, 7) is 3.92. The molecule has 0 aromatic heterocycles. The van der Waals surface area contributed by atoms with E-state index >= 15 is 0 Å². The SMILES string of the molecule is Cc1cc2c(cc1CNCC1(C#N)CC1)OCO2. The van der Waals surface area contributed by atoms with Gasteiger partial charge < -0.3 is 14.8 Å². The molecule has 1 aromatic rings. The molecule has 0 radical (unpaired) electrons. The Bertz CT molecular complexity index is 515. The van der Waals surface area contributed by atoms with E-state index in [0.29, 0.717) is 6.79 Å². The smallest absolute Gasteiger partial charge is 0.231 e. The van der Waals surface area contributed by atoms with Crippen molar-refractivity contribution in [2.24, 2.45) is 5.41 Å².